The van der Waals surface area contributed by atoms with Crippen LogP contribution in [0.2, 0.25) is 0 Å². The minimum absolute atomic E-state index is 0.156. The van der Waals surface area contributed by atoms with Crippen molar-refractivity contribution in [1.29, 1.82) is 0 Å². The summed E-state index contributed by atoms with van der Waals surface area (Å²) < 4.78 is 0. The van der Waals surface area contributed by atoms with Crippen LogP contribution >= 0.6 is 0 Å². The average molecular weight is 333 g/mol. The Balaban J connectivity index is 1.88. The zero-order valence-corrected chi connectivity index (χ0v) is 15.6. The molecule has 3 aromatic rings. The lowest BCUT2D eigenvalue weighted by atomic mass is 9.86. The van der Waals surface area contributed by atoms with E-state index < -0.39 is 0 Å². The van der Waals surface area contributed by atoms with Crippen molar-refractivity contribution in [3.8, 4) is 11.3 Å². The van der Waals surface area contributed by atoms with E-state index in [0.717, 1.165) is 34.8 Å². The molecule has 0 atom stereocenters. The van der Waals surface area contributed by atoms with E-state index in [4.69, 9.17) is 10.7 Å². The number of hydrogen-bond acceptors (Lipinski definition) is 2. The average Bonchev–Trinajstić information content (AvgIpc) is 2.94. The number of nitrogens with one attached hydrogen (secondary N) is 1. The lowest BCUT2D eigenvalue weighted by Gasteiger charge is -2.19. The Morgan fingerprint density at radius 3 is 2.44 bits per heavy atom. The molecule has 130 valence electrons. The molecule has 25 heavy (non-hydrogen) atoms. The molecule has 0 saturated heterocycles. The summed E-state index contributed by atoms with van der Waals surface area (Å²) >= 11 is 0. The van der Waals surface area contributed by atoms with Crippen LogP contribution in [-0.4, -0.2) is 9.97 Å². The van der Waals surface area contributed by atoms with Crippen LogP contribution in [0.5, 0.6) is 0 Å². The molecule has 0 aliphatic carbocycles. The molecular formula is C22H27N3. The molecule has 0 spiro atoms. The summed E-state index contributed by atoms with van der Waals surface area (Å²) in [4.78, 5) is 8.29. The van der Waals surface area contributed by atoms with E-state index in [-0.39, 0.29) is 5.41 Å². The van der Waals surface area contributed by atoms with Gasteiger partial charge in [0.05, 0.1) is 5.69 Å². The summed E-state index contributed by atoms with van der Waals surface area (Å²) in [7, 11) is 0. The van der Waals surface area contributed by atoms with Crippen molar-refractivity contribution in [3.05, 3.63) is 76.7 Å². The Morgan fingerprint density at radius 1 is 1.00 bits per heavy atom. The number of aromatic nitrogens is 2. The molecule has 3 N–H and O–H groups in total. The second-order valence-corrected chi connectivity index (χ2v) is 7.69. The topological polar surface area (TPSA) is 54.7 Å². The van der Waals surface area contributed by atoms with Crippen LogP contribution in [0, 0.1) is 6.92 Å². The molecule has 0 aliphatic rings. The van der Waals surface area contributed by atoms with Gasteiger partial charge < -0.3 is 10.7 Å². The predicted octanol–water partition coefficient (Wildman–Crippen LogP) is 4.73. The van der Waals surface area contributed by atoms with Gasteiger partial charge in [-0.05, 0) is 35.1 Å². The van der Waals surface area contributed by atoms with Crippen molar-refractivity contribution in [2.24, 2.45) is 5.73 Å². The molecule has 0 fully saturated rings. The lowest BCUT2D eigenvalue weighted by molar-refractivity contribution is 0.589. The molecule has 3 heteroatoms. The molecule has 3 rings (SSSR count). The number of hydrogen-bond donors (Lipinski definition) is 2. The van der Waals surface area contributed by atoms with Crippen LogP contribution in [0.15, 0.2) is 48.5 Å². The van der Waals surface area contributed by atoms with Gasteiger partial charge in [0, 0.05) is 24.2 Å². The van der Waals surface area contributed by atoms with E-state index in [2.05, 4.69) is 69.1 Å². The zero-order valence-electron chi connectivity index (χ0n) is 15.6. The van der Waals surface area contributed by atoms with E-state index >= 15 is 0 Å². The first-order valence-electron chi connectivity index (χ1n) is 8.81. The van der Waals surface area contributed by atoms with Crippen LogP contribution in [0.4, 0.5) is 0 Å². The van der Waals surface area contributed by atoms with Gasteiger partial charge in [-0.25, -0.2) is 4.98 Å². The number of benzene rings is 2. The number of aryl methyl sites for hydroxylation is 1. The quantitative estimate of drug-likeness (QED) is 0.725. The molecule has 0 unspecified atom stereocenters. The van der Waals surface area contributed by atoms with Crippen molar-refractivity contribution in [2.75, 3.05) is 0 Å². The van der Waals surface area contributed by atoms with Gasteiger partial charge in [-0.15, -0.1) is 0 Å². The summed E-state index contributed by atoms with van der Waals surface area (Å²) in [6, 6.07) is 17.1. The second kappa shape index (κ2) is 6.85. The number of nitrogens with two attached hydrogens (primary N) is 1. The van der Waals surface area contributed by atoms with Gasteiger partial charge in [-0.3, -0.25) is 0 Å². The smallest absolute Gasteiger partial charge is 0.111 e. The van der Waals surface area contributed by atoms with E-state index in [1.54, 1.807) is 0 Å². The molecule has 1 aromatic heterocycles. The second-order valence-electron chi connectivity index (χ2n) is 7.69. The van der Waals surface area contributed by atoms with Gasteiger partial charge in [0.2, 0.25) is 0 Å². The molecule has 0 amide bonds. The van der Waals surface area contributed by atoms with Crippen molar-refractivity contribution < 1.29 is 0 Å². The first kappa shape index (κ1) is 17.4. The van der Waals surface area contributed by atoms with Gasteiger partial charge in [-0.1, -0.05) is 63.2 Å². The predicted molar refractivity (Wildman–Crippen MR) is 105 cm³/mol. The van der Waals surface area contributed by atoms with Crippen molar-refractivity contribution >= 4 is 0 Å². The van der Waals surface area contributed by atoms with E-state index in [0.29, 0.717) is 6.54 Å². The van der Waals surface area contributed by atoms with E-state index in [1.807, 2.05) is 12.1 Å². The fraction of sp³-hybridized carbons (Fsp3) is 0.318. The molecule has 1 heterocycles. The minimum atomic E-state index is 0.156. The van der Waals surface area contributed by atoms with Crippen LogP contribution in [0.3, 0.4) is 0 Å². The standard InChI is InChI=1S/C22H27N3/c1-15-21(18-9-5-8-17(11-18)14-23)25-20(24-15)13-16-7-6-10-19(12-16)22(2,3)4/h5-12H,13-14,23H2,1-4H3,(H,24,25). The monoisotopic (exact) mass is 333 g/mol. The van der Waals surface area contributed by atoms with Crippen LogP contribution in [0.1, 0.15) is 49.0 Å². The number of rotatable bonds is 4. The van der Waals surface area contributed by atoms with E-state index in [9.17, 15) is 0 Å². The Bertz CT molecular complexity index is 869. The normalized spacial score (nSPS) is 11.7. The maximum atomic E-state index is 5.76. The van der Waals surface area contributed by atoms with Crippen LogP contribution in [0.25, 0.3) is 11.3 Å². The Morgan fingerprint density at radius 2 is 1.72 bits per heavy atom. The van der Waals surface area contributed by atoms with Crippen molar-refractivity contribution in [2.45, 2.75) is 46.1 Å². The minimum Gasteiger partial charge on any atom is -0.345 e. The molecule has 0 saturated carbocycles. The largest absolute Gasteiger partial charge is 0.345 e. The third-order valence-electron chi connectivity index (χ3n) is 4.53. The highest BCUT2D eigenvalue weighted by Gasteiger charge is 2.15. The molecule has 0 aliphatic heterocycles. The first-order chi connectivity index (χ1) is 11.9. The van der Waals surface area contributed by atoms with Gasteiger partial charge in [0.25, 0.3) is 0 Å². The van der Waals surface area contributed by atoms with Crippen molar-refractivity contribution in [1.82, 2.24) is 9.97 Å². The summed E-state index contributed by atoms with van der Waals surface area (Å²) in [5.74, 6) is 0.997. The fourth-order valence-electron chi connectivity index (χ4n) is 3.07. The van der Waals surface area contributed by atoms with Crippen LogP contribution in [-0.2, 0) is 18.4 Å². The highest BCUT2D eigenvalue weighted by atomic mass is 14.9. The first-order valence-corrected chi connectivity index (χ1v) is 8.81. The SMILES string of the molecule is Cc1[nH]c(Cc2cccc(C(C)(C)C)c2)nc1-c1cccc(CN)c1. The number of H-pyrrole nitrogens is 1. The van der Waals surface area contributed by atoms with Gasteiger partial charge in [0.1, 0.15) is 5.82 Å². The zero-order chi connectivity index (χ0) is 18.0. The molecule has 0 radical (unpaired) electrons. The number of nitrogens with zero attached hydrogens (tertiary/aromatic N) is 1. The summed E-state index contributed by atoms with van der Waals surface area (Å²) in [5.41, 5.74) is 12.9. The van der Waals surface area contributed by atoms with Gasteiger partial charge in [-0.2, -0.15) is 0 Å². The maximum absolute atomic E-state index is 5.76. The summed E-state index contributed by atoms with van der Waals surface area (Å²) in [6.45, 7) is 9.35. The number of aromatic amines is 1. The third-order valence-corrected chi connectivity index (χ3v) is 4.53. The summed E-state index contributed by atoms with van der Waals surface area (Å²) in [5, 5.41) is 0. The van der Waals surface area contributed by atoms with Gasteiger partial charge in [0.15, 0.2) is 0 Å². The van der Waals surface area contributed by atoms with Gasteiger partial charge >= 0.3 is 0 Å². The van der Waals surface area contributed by atoms with E-state index in [1.165, 1.54) is 11.1 Å². The maximum Gasteiger partial charge on any atom is 0.111 e. The van der Waals surface area contributed by atoms with Crippen molar-refractivity contribution in [3.63, 3.8) is 0 Å². The summed E-state index contributed by atoms with van der Waals surface area (Å²) in [6.07, 6.45) is 0.807. The highest BCUT2D eigenvalue weighted by molar-refractivity contribution is 5.62. The Kier molecular flexibility index (Phi) is 4.78. The number of imidazole rings is 1. The molecule has 2 aromatic carbocycles. The highest BCUT2D eigenvalue weighted by Crippen LogP contribution is 2.25. The molecule has 3 nitrogen and oxygen atoms in total. The third kappa shape index (κ3) is 3.99. The Labute approximate surface area is 150 Å². The van der Waals surface area contributed by atoms with Crippen LogP contribution < -0.4 is 5.73 Å². The fourth-order valence-corrected chi connectivity index (χ4v) is 3.07. The molecular weight excluding hydrogens is 306 g/mol. The Hall–Kier alpha value is -2.39. The molecule has 0 bridgehead atoms. The lowest BCUT2D eigenvalue weighted by Crippen LogP contribution is -2.11.